The average molecular weight is 238 g/mol. The molecule has 2 heterocycles. The van der Waals surface area contributed by atoms with Crippen molar-refractivity contribution in [2.75, 3.05) is 13.1 Å². The van der Waals surface area contributed by atoms with Crippen LogP contribution in [0.3, 0.4) is 0 Å². The van der Waals surface area contributed by atoms with Crippen molar-refractivity contribution in [3.05, 3.63) is 12.2 Å². The van der Waals surface area contributed by atoms with E-state index in [1.54, 1.807) is 4.68 Å². The highest BCUT2D eigenvalue weighted by atomic mass is 16.6. The van der Waals surface area contributed by atoms with Gasteiger partial charge in [-0.2, -0.15) is 5.10 Å². The molecule has 0 aromatic carbocycles. The first-order valence-corrected chi connectivity index (χ1v) is 5.81. The second kappa shape index (κ2) is 4.44. The lowest BCUT2D eigenvalue weighted by molar-refractivity contribution is 0.00468. The Hall–Kier alpha value is -1.43. The molecule has 1 aromatic heterocycles. The van der Waals surface area contributed by atoms with Crippen LogP contribution in [0.25, 0.3) is 0 Å². The van der Waals surface area contributed by atoms with E-state index < -0.39 is 11.6 Å². The van der Waals surface area contributed by atoms with Gasteiger partial charge in [0.2, 0.25) is 5.82 Å². The largest absolute Gasteiger partial charge is 0.454 e. The molecule has 0 radical (unpaired) electrons. The molecule has 1 saturated heterocycles. The second-order valence-electron chi connectivity index (χ2n) is 5.18. The molecule has 0 spiro atoms. The number of carbonyl (C=O) groups is 1. The Morgan fingerprint density at radius 3 is 2.94 bits per heavy atom. The van der Waals surface area contributed by atoms with Crippen LogP contribution in [0, 0.1) is 0 Å². The first-order valence-electron chi connectivity index (χ1n) is 5.81. The van der Waals surface area contributed by atoms with E-state index in [-0.39, 0.29) is 11.9 Å². The summed E-state index contributed by atoms with van der Waals surface area (Å²) in [6.45, 7) is 7.27. The Kier molecular flexibility index (Phi) is 3.15. The highest BCUT2D eigenvalue weighted by Crippen LogP contribution is 2.17. The van der Waals surface area contributed by atoms with Gasteiger partial charge in [-0.05, 0) is 33.7 Å². The molecule has 1 aromatic rings. The van der Waals surface area contributed by atoms with Crippen molar-refractivity contribution in [1.29, 1.82) is 0 Å². The van der Waals surface area contributed by atoms with Gasteiger partial charge in [0.15, 0.2) is 0 Å². The van der Waals surface area contributed by atoms with Crippen molar-refractivity contribution in [2.45, 2.75) is 38.8 Å². The molecule has 94 valence electrons. The van der Waals surface area contributed by atoms with Crippen molar-refractivity contribution in [2.24, 2.45) is 0 Å². The van der Waals surface area contributed by atoms with Gasteiger partial charge in [0.25, 0.3) is 0 Å². The Morgan fingerprint density at radius 2 is 2.35 bits per heavy atom. The monoisotopic (exact) mass is 238 g/mol. The summed E-state index contributed by atoms with van der Waals surface area (Å²) in [6.07, 6.45) is 2.36. The minimum absolute atomic E-state index is 0.194. The molecule has 0 aliphatic carbocycles. The third kappa shape index (κ3) is 2.82. The topological polar surface area (TPSA) is 69.0 Å². The summed E-state index contributed by atoms with van der Waals surface area (Å²) in [5, 5.41) is 7.35. The van der Waals surface area contributed by atoms with Gasteiger partial charge in [0.1, 0.15) is 11.9 Å². The lowest BCUT2D eigenvalue weighted by Crippen LogP contribution is -2.27. The summed E-state index contributed by atoms with van der Waals surface area (Å²) in [6, 6.07) is 0.194. The zero-order valence-electron chi connectivity index (χ0n) is 10.4. The molecule has 17 heavy (non-hydrogen) atoms. The average Bonchev–Trinajstić information content (AvgIpc) is 2.85. The normalized spacial score (nSPS) is 20.5. The molecular formula is C11H18N4O2. The summed E-state index contributed by atoms with van der Waals surface area (Å²) < 4.78 is 6.96. The van der Waals surface area contributed by atoms with Crippen LogP contribution in [-0.4, -0.2) is 39.4 Å². The summed E-state index contributed by atoms with van der Waals surface area (Å²) in [5.41, 5.74) is -0.512. The van der Waals surface area contributed by atoms with Gasteiger partial charge in [0.05, 0.1) is 6.04 Å². The van der Waals surface area contributed by atoms with Crippen LogP contribution in [0.4, 0.5) is 0 Å². The molecule has 1 N–H and O–H groups in total. The van der Waals surface area contributed by atoms with E-state index in [0.717, 1.165) is 19.5 Å². The molecule has 6 nitrogen and oxygen atoms in total. The number of nitrogens with zero attached hydrogens (tertiary/aromatic N) is 3. The SMILES string of the molecule is CC(C)(C)OC(=O)c1ncnn1C1CCNC1. The van der Waals surface area contributed by atoms with Crippen LogP contribution in [0.15, 0.2) is 6.33 Å². The van der Waals surface area contributed by atoms with Crippen molar-refractivity contribution in [1.82, 2.24) is 20.1 Å². The molecule has 0 amide bonds. The van der Waals surface area contributed by atoms with E-state index in [0.29, 0.717) is 0 Å². The van der Waals surface area contributed by atoms with Gasteiger partial charge in [-0.15, -0.1) is 0 Å². The van der Waals surface area contributed by atoms with Gasteiger partial charge in [-0.25, -0.2) is 14.5 Å². The van der Waals surface area contributed by atoms with Crippen molar-refractivity contribution < 1.29 is 9.53 Å². The Balaban J connectivity index is 2.15. The van der Waals surface area contributed by atoms with Gasteiger partial charge >= 0.3 is 5.97 Å². The molecule has 6 heteroatoms. The summed E-state index contributed by atoms with van der Waals surface area (Å²) in [4.78, 5) is 15.9. The maximum absolute atomic E-state index is 11.9. The molecule has 1 aliphatic rings. The molecule has 1 unspecified atom stereocenters. The number of carbonyl (C=O) groups excluding carboxylic acids is 1. The molecule has 1 fully saturated rings. The highest BCUT2D eigenvalue weighted by molar-refractivity contribution is 5.85. The van der Waals surface area contributed by atoms with Crippen LogP contribution in [0.5, 0.6) is 0 Å². The van der Waals surface area contributed by atoms with E-state index in [1.807, 2.05) is 20.8 Å². The van der Waals surface area contributed by atoms with Crippen molar-refractivity contribution in [3.8, 4) is 0 Å². The third-order valence-corrected chi connectivity index (χ3v) is 2.53. The maximum atomic E-state index is 11.9. The number of ether oxygens (including phenoxy) is 1. The van der Waals surface area contributed by atoms with E-state index in [4.69, 9.17) is 4.74 Å². The number of hydrogen-bond acceptors (Lipinski definition) is 5. The van der Waals surface area contributed by atoms with Crippen molar-refractivity contribution >= 4 is 5.97 Å². The van der Waals surface area contributed by atoms with Crippen molar-refractivity contribution in [3.63, 3.8) is 0 Å². The molecule has 0 saturated carbocycles. The zero-order chi connectivity index (χ0) is 12.5. The fourth-order valence-electron chi connectivity index (χ4n) is 1.84. The fraction of sp³-hybridized carbons (Fsp3) is 0.727. The maximum Gasteiger partial charge on any atom is 0.376 e. The molecular weight excluding hydrogens is 220 g/mol. The van der Waals surface area contributed by atoms with Crippen LogP contribution in [0.2, 0.25) is 0 Å². The molecule has 1 aliphatic heterocycles. The van der Waals surface area contributed by atoms with E-state index in [1.165, 1.54) is 6.33 Å². The quantitative estimate of drug-likeness (QED) is 0.771. The van der Waals surface area contributed by atoms with Crippen LogP contribution in [-0.2, 0) is 4.74 Å². The minimum Gasteiger partial charge on any atom is -0.454 e. The Labute approximate surface area is 100 Å². The van der Waals surface area contributed by atoms with Crippen LogP contribution < -0.4 is 5.32 Å². The Morgan fingerprint density at radius 1 is 1.59 bits per heavy atom. The van der Waals surface area contributed by atoms with E-state index >= 15 is 0 Å². The number of rotatable bonds is 2. The predicted molar refractivity (Wildman–Crippen MR) is 61.7 cm³/mol. The third-order valence-electron chi connectivity index (χ3n) is 2.53. The second-order valence-corrected chi connectivity index (χ2v) is 5.18. The highest BCUT2D eigenvalue weighted by Gasteiger charge is 2.27. The van der Waals surface area contributed by atoms with E-state index in [2.05, 4.69) is 15.4 Å². The summed E-state index contributed by atoms with van der Waals surface area (Å²) >= 11 is 0. The molecule has 2 rings (SSSR count). The zero-order valence-corrected chi connectivity index (χ0v) is 10.4. The van der Waals surface area contributed by atoms with E-state index in [9.17, 15) is 4.79 Å². The minimum atomic E-state index is -0.512. The van der Waals surface area contributed by atoms with Gasteiger partial charge < -0.3 is 10.1 Å². The van der Waals surface area contributed by atoms with Crippen LogP contribution in [0.1, 0.15) is 43.9 Å². The fourth-order valence-corrected chi connectivity index (χ4v) is 1.84. The first-order chi connectivity index (χ1) is 7.97. The first kappa shape index (κ1) is 12.0. The number of aromatic nitrogens is 3. The number of esters is 1. The van der Waals surface area contributed by atoms with Gasteiger partial charge in [-0.3, -0.25) is 0 Å². The lowest BCUT2D eigenvalue weighted by atomic mass is 10.2. The predicted octanol–water partition coefficient (Wildman–Crippen LogP) is 0.768. The van der Waals surface area contributed by atoms with Gasteiger partial charge in [0, 0.05) is 6.54 Å². The number of hydrogen-bond donors (Lipinski definition) is 1. The summed E-state index contributed by atoms with van der Waals surface area (Å²) in [7, 11) is 0. The summed E-state index contributed by atoms with van der Waals surface area (Å²) in [5.74, 6) is -0.129. The molecule has 0 bridgehead atoms. The standard InChI is InChI=1S/C11H18N4O2/c1-11(2,3)17-10(16)9-13-7-14-15(9)8-4-5-12-6-8/h7-8,12H,4-6H2,1-3H3. The van der Waals surface area contributed by atoms with Crippen LogP contribution >= 0.6 is 0 Å². The molecule has 1 atom stereocenters. The number of nitrogens with one attached hydrogen (secondary N) is 1. The Bertz CT molecular complexity index is 402. The smallest absolute Gasteiger partial charge is 0.376 e. The van der Waals surface area contributed by atoms with Gasteiger partial charge in [-0.1, -0.05) is 0 Å². The lowest BCUT2D eigenvalue weighted by Gasteiger charge is -2.20.